The van der Waals surface area contributed by atoms with Gasteiger partial charge in [0.2, 0.25) is 0 Å². The highest BCUT2D eigenvalue weighted by molar-refractivity contribution is 8.14. The van der Waals surface area contributed by atoms with Crippen LogP contribution in [0.3, 0.4) is 0 Å². The van der Waals surface area contributed by atoms with E-state index in [9.17, 15) is 4.79 Å². The first kappa shape index (κ1) is 13.9. The first-order valence-electron chi connectivity index (χ1n) is 6.03. The second-order valence-corrected chi connectivity index (χ2v) is 5.88. The molecule has 1 amide bonds. The molecule has 1 aromatic carbocycles. The summed E-state index contributed by atoms with van der Waals surface area (Å²) in [5, 5.41) is 3.35. The molecular formula is C13H18N4OS. The molecule has 0 saturated heterocycles. The number of nitrogens with two attached hydrogens (primary N) is 1. The molecule has 1 aliphatic rings. The van der Waals surface area contributed by atoms with E-state index < -0.39 is 0 Å². The van der Waals surface area contributed by atoms with Crippen molar-refractivity contribution in [1.82, 2.24) is 5.32 Å². The Balaban J connectivity index is 2.11. The van der Waals surface area contributed by atoms with Gasteiger partial charge in [-0.15, -0.1) is 0 Å². The van der Waals surface area contributed by atoms with E-state index in [-0.39, 0.29) is 11.3 Å². The van der Waals surface area contributed by atoms with Crippen molar-refractivity contribution in [3.05, 3.63) is 29.3 Å². The SMILES string of the molecule is Cc1cc(N(C)C)ccc1C(=O)NC1=NCC(N)S1. The summed E-state index contributed by atoms with van der Waals surface area (Å²) in [7, 11) is 3.94. The second-order valence-electron chi connectivity index (χ2n) is 4.65. The number of anilines is 1. The van der Waals surface area contributed by atoms with Crippen LogP contribution in [0, 0.1) is 6.92 Å². The molecule has 1 atom stereocenters. The van der Waals surface area contributed by atoms with Crippen LogP contribution < -0.4 is 16.0 Å². The Hall–Kier alpha value is -1.53. The predicted molar refractivity (Wildman–Crippen MR) is 80.8 cm³/mol. The second kappa shape index (κ2) is 5.63. The monoisotopic (exact) mass is 278 g/mol. The van der Waals surface area contributed by atoms with Crippen LogP contribution in [0.4, 0.5) is 5.69 Å². The number of nitrogens with zero attached hydrogens (tertiary/aromatic N) is 2. The fourth-order valence-corrected chi connectivity index (χ4v) is 2.54. The number of hydrogen-bond acceptors (Lipinski definition) is 5. The molecule has 19 heavy (non-hydrogen) atoms. The highest BCUT2D eigenvalue weighted by Gasteiger charge is 2.19. The number of aryl methyl sites for hydroxylation is 1. The number of carbonyl (C=O) groups excluding carboxylic acids is 1. The van der Waals surface area contributed by atoms with E-state index >= 15 is 0 Å². The molecule has 0 saturated carbocycles. The number of thioether (sulfide) groups is 1. The summed E-state index contributed by atoms with van der Waals surface area (Å²) < 4.78 is 0. The van der Waals surface area contributed by atoms with E-state index in [2.05, 4.69) is 10.3 Å². The van der Waals surface area contributed by atoms with Crippen molar-refractivity contribution in [1.29, 1.82) is 0 Å². The van der Waals surface area contributed by atoms with Gasteiger partial charge in [-0.2, -0.15) is 0 Å². The zero-order valence-electron chi connectivity index (χ0n) is 11.3. The Morgan fingerprint density at radius 3 is 2.79 bits per heavy atom. The standard InChI is InChI=1S/C13H18N4OS/c1-8-6-9(17(2)3)4-5-10(8)12(18)16-13-15-7-11(14)19-13/h4-6,11H,7,14H2,1-3H3,(H,15,16,18). The van der Waals surface area contributed by atoms with Crippen LogP contribution >= 0.6 is 11.8 Å². The topological polar surface area (TPSA) is 70.7 Å². The van der Waals surface area contributed by atoms with Crippen LogP contribution in [-0.2, 0) is 0 Å². The molecule has 5 nitrogen and oxygen atoms in total. The van der Waals surface area contributed by atoms with Crippen LogP contribution in [0.1, 0.15) is 15.9 Å². The maximum Gasteiger partial charge on any atom is 0.257 e. The van der Waals surface area contributed by atoms with Crippen LogP contribution in [0.2, 0.25) is 0 Å². The number of carbonyl (C=O) groups is 1. The van der Waals surface area contributed by atoms with Crippen molar-refractivity contribution in [2.45, 2.75) is 12.3 Å². The van der Waals surface area contributed by atoms with Crippen LogP contribution in [0.5, 0.6) is 0 Å². The number of hydrogen-bond donors (Lipinski definition) is 2. The summed E-state index contributed by atoms with van der Waals surface area (Å²) in [5.74, 6) is -0.136. The van der Waals surface area contributed by atoms with Crippen LogP contribution in [0.25, 0.3) is 0 Å². The number of nitrogens with one attached hydrogen (secondary N) is 1. The van der Waals surface area contributed by atoms with Gasteiger partial charge in [-0.3, -0.25) is 9.79 Å². The largest absolute Gasteiger partial charge is 0.378 e. The average Bonchev–Trinajstić information content (AvgIpc) is 2.74. The van der Waals surface area contributed by atoms with Crippen molar-refractivity contribution in [2.24, 2.45) is 10.7 Å². The van der Waals surface area contributed by atoms with Crippen molar-refractivity contribution in [2.75, 3.05) is 25.5 Å². The maximum atomic E-state index is 12.1. The van der Waals surface area contributed by atoms with Gasteiger partial charge in [-0.1, -0.05) is 11.8 Å². The lowest BCUT2D eigenvalue weighted by Crippen LogP contribution is -2.29. The van der Waals surface area contributed by atoms with Gasteiger partial charge in [0.05, 0.1) is 11.9 Å². The molecule has 0 fully saturated rings. The molecule has 0 bridgehead atoms. The molecule has 0 spiro atoms. The van der Waals surface area contributed by atoms with Gasteiger partial charge in [0, 0.05) is 25.3 Å². The molecule has 1 heterocycles. The van der Waals surface area contributed by atoms with Gasteiger partial charge in [-0.25, -0.2) is 0 Å². The van der Waals surface area contributed by atoms with Crippen molar-refractivity contribution < 1.29 is 4.79 Å². The molecular weight excluding hydrogens is 260 g/mol. The molecule has 102 valence electrons. The van der Waals surface area contributed by atoms with Crippen molar-refractivity contribution >= 4 is 28.5 Å². The molecule has 1 unspecified atom stereocenters. The van der Waals surface area contributed by atoms with Crippen LogP contribution in [-0.4, -0.2) is 37.1 Å². The molecule has 3 N–H and O–H groups in total. The normalized spacial score (nSPS) is 18.1. The molecule has 2 rings (SSSR count). The molecule has 0 radical (unpaired) electrons. The van der Waals surface area contributed by atoms with E-state index in [4.69, 9.17) is 5.73 Å². The lowest BCUT2D eigenvalue weighted by Gasteiger charge is -2.15. The van der Waals surface area contributed by atoms with Gasteiger partial charge >= 0.3 is 0 Å². The number of amides is 1. The minimum absolute atomic E-state index is 0.0486. The van der Waals surface area contributed by atoms with Crippen LogP contribution in [0.15, 0.2) is 23.2 Å². The van der Waals surface area contributed by atoms with Crippen molar-refractivity contribution in [3.63, 3.8) is 0 Å². The quantitative estimate of drug-likeness (QED) is 0.852. The summed E-state index contributed by atoms with van der Waals surface area (Å²) in [6, 6.07) is 5.75. The van der Waals surface area contributed by atoms with Gasteiger partial charge in [0.1, 0.15) is 0 Å². The summed E-state index contributed by atoms with van der Waals surface area (Å²) in [5.41, 5.74) is 8.39. The Bertz CT molecular complexity index is 527. The number of amidine groups is 1. The zero-order valence-corrected chi connectivity index (χ0v) is 12.1. The zero-order chi connectivity index (χ0) is 14.0. The fraction of sp³-hybridized carbons (Fsp3) is 0.385. The number of aliphatic imine (C=N–C) groups is 1. The Labute approximate surface area is 117 Å². The highest BCUT2D eigenvalue weighted by Crippen LogP contribution is 2.19. The average molecular weight is 278 g/mol. The predicted octanol–water partition coefficient (Wildman–Crippen LogP) is 1.18. The number of benzene rings is 1. The third-order valence-electron chi connectivity index (χ3n) is 2.87. The van der Waals surface area contributed by atoms with E-state index in [1.54, 1.807) is 0 Å². The van der Waals surface area contributed by atoms with E-state index in [0.717, 1.165) is 11.3 Å². The molecule has 6 heteroatoms. The smallest absolute Gasteiger partial charge is 0.257 e. The van der Waals surface area contributed by atoms with E-state index in [1.807, 2.05) is 44.1 Å². The maximum absolute atomic E-state index is 12.1. The Morgan fingerprint density at radius 1 is 1.53 bits per heavy atom. The van der Waals surface area contributed by atoms with E-state index in [0.29, 0.717) is 17.3 Å². The van der Waals surface area contributed by atoms with E-state index in [1.165, 1.54) is 11.8 Å². The third-order valence-corrected chi connectivity index (χ3v) is 3.78. The summed E-state index contributed by atoms with van der Waals surface area (Å²) in [6.07, 6.45) is 0. The molecule has 0 aliphatic carbocycles. The fourth-order valence-electron chi connectivity index (χ4n) is 1.81. The first-order chi connectivity index (χ1) is 8.97. The van der Waals surface area contributed by atoms with Gasteiger partial charge in [0.15, 0.2) is 5.17 Å². The minimum atomic E-state index is -0.136. The summed E-state index contributed by atoms with van der Waals surface area (Å²) >= 11 is 1.39. The highest BCUT2D eigenvalue weighted by atomic mass is 32.2. The van der Waals surface area contributed by atoms with Gasteiger partial charge in [-0.05, 0) is 30.7 Å². The summed E-state index contributed by atoms with van der Waals surface area (Å²) in [6.45, 7) is 2.48. The molecule has 0 aromatic heterocycles. The van der Waals surface area contributed by atoms with Gasteiger partial charge in [0.25, 0.3) is 5.91 Å². The molecule has 1 aromatic rings. The first-order valence-corrected chi connectivity index (χ1v) is 6.91. The minimum Gasteiger partial charge on any atom is -0.378 e. The van der Waals surface area contributed by atoms with Crippen molar-refractivity contribution in [3.8, 4) is 0 Å². The Kier molecular flexibility index (Phi) is 4.11. The molecule has 1 aliphatic heterocycles. The Morgan fingerprint density at radius 2 is 2.26 bits per heavy atom. The lowest BCUT2D eigenvalue weighted by molar-refractivity contribution is 0.0977. The van der Waals surface area contributed by atoms with Gasteiger partial charge < -0.3 is 16.0 Å². The lowest BCUT2D eigenvalue weighted by atomic mass is 10.1. The summed E-state index contributed by atoms with van der Waals surface area (Å²) in [4.78, 5) is 18.3. The number of rotatable bonds is 2. The third kappa shape index (κ3) is 3.27.